The molecule has 3 aromatic rings. The van der Waals surface area contributed by atoms with Gasteiger partial charge in [0.1, 0.15) is 11.4 Å². The quantitative estimate of drug-likeness (QED) is 0.706. The molecule has 140 valence electrons. The van der Waals surface area contributed by atoms with Crippen molar-refractivity contribution in [3.8, 4) is 17.0 Å². The van der Waals surface area contributed by atoms with Crippen molar-refractivity contribution in [2.75, 3.05) is 12.4 Å². The van der Waals surface area contributed by atoms with Gasteiger partial charge >= 0.3 is 0 Å². The lowest BCUT2D eigenvalue weighted by molar-refractivity contribution is -0.117. The van der Waals surface area contributed by atoms with Gasteiger partial charge in [0.2, 0.25) is 5.91 Å². The second-order valence-corrected chi connectivity index (χ2v) is 7.37. The number of aryl methyl sites for hydroxylation is 1. The number of hydrogen-bond acceptors (Lipinski definition) is 3. The van der Waals surface area contributed by atoms with E-state index in [0.717, 1.165) is 35.3 Å². The van der Waals surface area contributed by atoms with Crippen molar-refractivity contribution < 1.29 is 9.53 Å². The highest BCUT2D eigenvalue weighted by Gasteiger charge is 2.19. The molecule has 5 heteroatoms. The second kappa shape index (κ2) is 7.43. The van der Waals surface area contributed by atoms with E-state index < -0.39 is 0 Å². The molecule has 27 heavy (non-hydrogen) atoms. The fourth-order valence-corrected chi connectivity index (χ4v) is 3.94. The Morgan fingerprint density at radius 3 is 2.85 bits per heavy atom. The predicted octanol–water partition coefficient (Wildman–Crippen LogP) is 4.84. The number of nitrogens with zero attached hydrogens (tertiary/aromatic N) is 2. The summed E-state index contributed by atoms with van der Waals surface area (Å²) in [6.45, 7) is 2.05. The zero-order valence-corrected chi connectivity index (χ0v) is 15.9. The molecule has 4 rings (SSSR count). The number of pyridine rings is 1. The minimum absolute atomic E-state index is 0.0585. The Labute approximate surface area is 159 Å². The third-order valence-corrected chi connectivity index (χ3v) is 5.40. The molecule has 1 N–H and O–H groups in total. The normalized spacial score (nSPS) is 14.6. The van der Waals surface area contributed by atoms with E-state index in [2.05, 4.69) is 18.3 Å². The summed E-state index contributed by atoms with van der Waals surface area (Å²) < 4.78 is 7.47. The molecule has 1 aliphatic carbocycles. The zero-order chi connectivity index (χ0) is 18.8. The fraction of sp³-hybridized carbons (Fsp3) is 0.364. The summed E-state index contributed by atoms with van der Waals surface area (Å²) >= 11 is 0. The maximum atomic E-state index is 12.5. The third kappa shape index (κ3) is 3.68. The number of benzene rings is 1. The smallest absolute Gasteiger partial charge is 0.224 e. The molecule has 1 amide bonds. The molecule has 0 unspecified atom stereocenters. The number of carbonyl (C=O) groups is 1. The Kier molecular flexibility index (Phi) is 4.84. The third-order valence-electron chi connectivity index (χ3n) is 5.40. The van der Waals surface area contributed by atoms with Crippen LogP contribution < -0.4 is 10.1 Å². The van der Waals surface area contributed by atoms with Crippen molar-refractivity contribution in [2.45, 2.75) is 39.0 Å². The highest BCUT2D eigenvalue weighted by molar-refractivity contribution is 5.93. The Balaban J connectivity index is 1.61. The average molecular weight is 363 g/mol. The predicted molar refractivity (Wildman–Crippen MR) is 107 cm³/mol. The van der Waals surface area contributed by atoms with Gasteiger partial charge in [0.05, 0.1) is 18.5 Å². The molecule has 1 fully saturated rings. The largest absolute Gasteiger partial charge is 0.495 e. The number of ether oxygens (including phenoxy) is 1. The number of carbonyl (C=O) groups excluding carboxylic acids is 1. The molecule has 5 nitrogen and oxygen atoms in total. The summed E-state index contributed by atoms with van der Waals surface area (Å²) in [5, 5.41) is 3.05. The van der Waals surface area contributed by atoms with E-state index in [1.165, 1.54) is 12.8 Å². The van der Waals surface area contributed by atoms with Crippen LogP contribution in [0, 0.1) is 12.8 Å². The number of rotatable bonds is 5. The highest BCUT2D eigenvalue weighted by Crippen LogP contribution is 2.32. The van der Waals surface area contributed by atoms with E-state index in [1.54, 1.807) is 7.11 Å². The monoisotopic (exact) mass is 363 g/mol. The van der Waals surface area contributed by atoms with E-state index in [0.29, 0.717) is 23.8 Å². The van der Waals surface area contributed by atoms with Crippen molar-refractivity contribution in [2.24, 2.45) is 5.92 Å². The summed E-state index contributed by atoms with van der Waals surface area (Å²) in [6, 6.07) is 9.87. The van der Waals surface area contributed by atoms with Crippen LogP contribution in [-0.4, -0.2) is 22.4 Å². The first-order chi connectivity index (χ1) is 13.1. The van der Waals surface area contributed by atoms with Gasteiger partial charge in [-0.05, 0) is 55.5 Å². The number of methoxy groups -OCH3 is 1. The van der Waals surface area contributed by atoms with Crippen LogP contribution in [0.25, 0.3) is 16.9 Å². The number of amides is 1. The lowest BCUT2D eigenvalue weighted by atomic mass is 10.0. The molecule has 0 spiro atoms. The minimum Gasteiger partial charge on any atom is -0.495 e. The van der Waals surface area contributed by atoms with Crippen molar-refractivity contribution in [1.82, 2.24) is 9.38 Å². The Morgan fingerprint density at radius 1 is 1.30 bits per heavy atom. The number of anilines is 1. The minimum atomic E-state index is 0.0585. The van der Waals surface area contributed by atoms with Gasteiger partial charge in [-0.2, -0.15) is 0 Å². The van der Waals surface area contributed by atoms with Crippen molar-refractivity contribution in [3.05, 3.63) is 48.3 Å². The summed E-state index contributed by atoms with van der Waals surface area (Å²) in [5.41, 5.74) is 4.59. The molecule has 2 heterocycles. The standard InChI is InChI=1S/C22H25N3O2/c1-15-6-5-11-25-14-19(24-22(15)25)17-9-10-20(27-2)18(13-17)23-21(26)12-16-7-3-4-8-16/h5-6,9-11,13-14,16H,3-4,7-8,12H2,1-2H3,(H,23,26). The number of hydrogen-bond donors (Lipinski definition) is 1. The molecule has 0 radical (unpaired) electrons. The Morgan fingerprint density at radius 2 is 2.11 bits per heavy atom. The van der Waals surface area contributed by atoms with Crippen LogP contribution in [0.15, 0.2) is 42.7 Å². The lowest BCUT2D eigenvalue weighted by Gasteiger charge is -2.13. The van der Waals surface area contributed by atoms with E-state index >= 15 is 0 Å². The van der Waals surface area contributed by atoms with Crippen molar-refractivity contribution in [1.29, 1.82) is 0 Å². The van der Waals surface area contributed by atoms with Crippen LogP contribution in [0.3, 0.4) is 0 Å². The molecule has 0 saturated heterocycles. The van der Waals surface area contributed by atoms with Gasteiger partial charge in [0, 0.05) is 24.4 Å². The van der Waals surface area contributed by atoms with Gasteiger partial charge in [-0.15, -0.1) is 0 Å². The van der Waals surface area contributed by atoms with Crippen LogP contribution in [0.1, 0.15) is 37.7 Å². The molecule has 1 aliphatic rings. The first-order valence-electron chi connectivity index (χ1n) is 9.56. The Hall–Kier alpha value is -2.82. The lowest BCUT2D eigenvalue weighted by Crippen LogP contribution is -2.15. The molecule has 0 aliphatic heterocycles. The van der Waals surface area contributed by atoms with Crippen LogP contribution in [0.5, 0.6) is 5.75 Å². The average Bonchev–Trinajstić information content (AvgIpc) is 3.32. The maximum Gasteiger partial charge on any atom is 0.224 e. The topological polar surface area (TPSA) is 55.6 Å². The number of nitrogens with one attached hydrogen (secondary N) is 1. The van der Waals surface area contributed by atoms with Crippen LogP contribution in [0.2, 0.25) is 0 Å². The molecule has 0 bridgehead atoms. The van der Waals surface area contributed by atoms with Crippen molar-refractivity contribution in [3.63, 3.8) is 0 Å². The summed E-state index contributed by atoms with van der Waals surface area (Å²) in [7, 11) is 1.62. The fourth-order valence-electron chi connectivity index (χ4n) is 3.94. The van der Waals surface area contributed by atoms with Gasteiger partial charge in [-0.3, -0.25) is 4.79 Å². The van der Waals surface area contributed by atoms with E-state index in [1.807, 2.05) is 41.1 Å². The molecule has 0 atom stereocenters. The van der Waals surface area contributed by atoms with E-state index in [4.69, 9.17) is 9.72 Å². The van der Waals surface area contributed by atoms with Gasteiger partial charge in [-0.25, -0.2) is 4.98 Å². The summed E-state index contributed by atoms with van der Waals surface area (Å²) in [4.78, 5) is 17.2. The molecular weight excluding hydrogens is 338 g/mol. The van der Waals surface area contributed by atoms with Gasteiger partial charge < -0.3 is 14.5 Å². The highest BCUT2D eigenvalue weighted by atomic mass is 16.5. The van der Waals surface area contributed by atoms with Crippen LogP contribution in [-0.2, 0) is 4.79 Å². The van der Waals surface area contributed by atoms with E-state index in [-0.39, 0.29) is 5.91 Å². The Bertz CT molecular complexity index is 971. The first kappa shape index (κ1) is 17.6. The van der Waals surface area contributed by atoms with Gasteiger partial charge in [0.25, 0.3) is 0 Å². The second-order valence-electron chi connectivity index (χ2n) is 7.37. The number of fused-ring (bicyclic) bond motifs is 1. The summed E-state index contributed by atoms with van der Waals surface area (Å²) in [6.07, 6.45) is 9.38. The van der Waals surface area contributed by atoms with Crippen LogP contribution in [0.4, 0.5) is 5.69 Å². The molecular formula is C22H25N3O2. The summed E-state index contributed by atoms with van der Waals surface area (Å²) in [5.74, 6) is 1.24. The molecule has 1 aromatic carbocycles. The SMILES string of the molecule is COc1ccc(-c2cn3cccc(C)c3n2)cc1NC(=O)CC1CCCC1. The maximum absolute atomic E-state index is 12.5. The van der Waals surface area contributed by atoms with Gasteiger partial charge in [0.15, 0.2) is 0 Å². The van der Waals surface area contributed by atoms with Crippen molar-refractivity contribution >= 4 is 17.2 Å². The van der Waals surface area contributed by atoms with E-state index in [9.17, 15) is 4.79 Å². The van der Waals surface area contributed by atoms with Crippen LogP contribution >= 0.6 is 0 Å². The molecule has 1 saturated carbocycles. The molecule has 2 aromatic heterocycles. The number of aromatic nitrogens is 2. The van der Waals surface area contributed by atoms with Gasteiger partial charge in [-0.1, -0.05) is 18.9 Å². The first-order valence-corrected chi connectivity index (χ1v) is 9.56. The zero-order valence-electron chi connectivity index (χ0n) is 15.9. The number of imidazole rings is 1.